The molecule has 2 saturated heterocycles. The van der Waals surface area contributed by atoms with Crippen molar-refractivity contribution >= 4 is 36.6 Å². The first kappa shape index (κ1) is 26.6. The van der Waals surface area contributed by atoms with Crippen LogP contribution < -0.4 is 10.6 Å². The first-order valence-corrected chi connectivity index (χ1v) is 9.73. The molecule has 1 aromatic carbocycles. The van der Waals surface area contributed by atoms with E-state index in [1.165, 1.54) is 6.07 Å². The van der Waals surface area contributed by atoms with Crippen molar-refractivity contribution in [2.45, 2.75) is 24.8 Å². The summed E-state index contributed by atoms with van der Waals surface area (Å²) in [5.74, 6) is -2.37. The summed E-state index contributed by atoms with van der Waals surface area (Å²) in [6.45, 7) is 3.09. The highest BCUT2D eigenvalue weighted by molar-refractivity contribution is 5.89. The fourth-order valence-corrected chi connectivity index (χ4v) is 3.94. The zero-order valence-corrected chi connectivity index (χ0v) is 18.8. The average Bonchev–Trinajstić information content (AvgIpc) is 3.04. The molecular weight excluding hydrogens is 437 g/mol. The van der Waals surface area contributed by atoms with Crippen LogP contribution in [0.3, 0.4) is 0 Å². The van der Waals surface area contributed by atoms with Crippen LogP contribution in [0.1, 0.15) is 24.3 Å². The van der Waals surface area contributed by atoms with E-state index in [4.69, 9.17) is 0 Å². The van der Waals surface area contributed by atoms with Crippen molar-refractivity contribution in [1.29, 1.82) is 0 Å². The Bertz CT molecular complexity index is 739. The van der Waals surface area contributed by atoms with Crippen LogP contribution in [0.15, 0.2) is 18.2 Å². The number of nitrogens with zero attached hydrogens (tertiary/aromatic N) is 2. The van der Waals surface area contributed by atoms with Crippen LogP contribution in [0.25, 0.3) is 0 Å². The molecule has 10 heteroatoms. The number of likely N-dealkylation sites (N-methyl/N-ethyl adjacent to an activating group) is 1. The average molecular weight is 467 g/mol. The quantitative estimate of drug-likeness (QED) is 0.670. The predicted molar refractivity (Wildman–Crippen MR) is 116 cm³/mol. The van der Waals surface area contributed by atoms with Crippen molar-refractivity contribution < 1.29 is 18.4 Å². The van der Waals surface area contributed by atoms with Gasteiger partial charge in [0.15, 0.2) is 11.6 Å². The monoisotopic (exact) mass is 466 g/mol. The van der Waals surface area contributed by atoms with E-state index in [1.54, 1.807) is 11.0 Å². The number of nitrogens with one attached hydrogen (secondary N) is 2. The lowest BCUT2D eigenvalue weighted by atomic mass is 9.85. The number of carbonyl (C=O) groups excluding carboxylic acids is 2. The summed E-state index contributed by atoms with van der Waals surface area (Å²) >= 11 is 0. The highest BCUT2D eigenvalue weighted by Crippen LogP contribution is 2.28. The van der Waals surface area contributed by atoms with E-state index in [-0.39, 0.29) is 60.9 Å². The largest absolute Gasteiger partial charge is 0.351 e. The topological polar surface area (TPSA) is 64.7 Å². The van der Waals surface area contributed by atoms with Gasteiger partial charge in [0.25, 0.3) is 0 Å². The van der Waals surface area contributed by atoms with Crippen LogP contribution in [0.5, 0.6) is 0 Å². The van der Waals surface area contributed by atoms with E-state index in [9.17, 15) is 18.4 Å². The Morgan fingerprint density at radius 3 is 2.67 bits per heavy atom. The molecule has 2 N–H and O–H groups in total. The Labute approximate surface area is 188 Å². The summed E-state index contributed by atoms with van der Waals surface area (Å²) < 4.78 is 26.9. The number of rotatable bonds is 6. The molecule has 1 aromatic rings. The van der Waals surface area contributed by atoms with E-state index in [1.807, 2.05) is 19.0 Å². The highest BCUT2D eigenvalue weighted by Gasteiger charge is 2.36. The number of carbonyl (C=O) groups is 2. The van der Waals surface area contributed by atoms with Crippen molar-refractivity contribution in [3.8, 4) is 0 Å². The van der Waals surface area contributed by atoms with E-state index in [2.05, 4.69) is 10.6 Å². The Morgan fingerprint density at radius 1 is 1.27 bits per heavy atom. The Morgan fingerprint density at radius 2 is 2.00 bits per heavy atom. The Balaban J connectivity index is 0.00000225. The fraction of sp³-hybridized carbons (Fsp3) is 0.600. The molecule has 0 radical (unpaired) electrons. The van der Waals surface area contributed by atoms with Gasteiger partial charge in [-0.2, -0.15) is 0 Å². The lowest BCUT2D eigenvalue weighted by Gasteiger charge is -2.34. The van der Waals surface area contributed by atoms with Crippen molar-refractivity contribution in [2.75, 3.05) is 46.8 Å². The lowest BCUT2D eigenvalue weighted by molar-refractivity contribution is -0.129. The van der Waals surface area contributed by atoms with Crippen molar-refractivity contribution in [2.24, 2.45) is 5.92 Å². The Kier molecular flexibility index (Phi) is 10.4. The zero-order chi connectivity index (χ0) is 20.3. The van der Waals surface area contributed by atoms with Gasteiger partial charge in [0.1, 0.15) is 0 Å². The second kappa shape index (κ2) is 11.8. The van der Waals surface area contributed by atoms with Gasteiger partial charge in [-0.3, -0.25) is 9.59 Å². The van der Waals surface area contributed by atoms with E-state index >= 15 is 0 Å². The summed E-state index contributed by atoms with van der Waals surface area (Å²) in [5.41, 5.74) is 0.681. The molecule has 3 unspecified atom stereocenters. The summed E-state index contributed by atoms with van der Waals surface area (Å²) in [7, 11) is 3.89. The number of likely N-dealkylation sites (tertiary alicyclic amines) is 1. The summed E-state index contributed by atoms with van der Waals surface area (Å²) in [4.78, 5) is 28.7. The van der Waals surface area contributed by atoms with E-state index in [0.29, 0.717) is 31.6 Å². The van der Waals surface area contributed by atoms with Gasteiger partial charge >= 0.3 is 0 Å². The van der Waals surface area contributed by atoms with Gasteiger partial charge in [-0.15, -0.1) is 24.8 Å². The molecular formula is C20H30Cl2F2N4O2. The Hall–Kier alpha value is -1.48. The van der Waals surface area contributed by atoms with E-state index < -0.39 is 11.6 Å². The van der Waals surface area contributed by atoms with Crippen molar-refractivity contribution in [1.82, 2.24) is 20.4 Å². The molecule has 2 amide bonds. The molecule has 30 heavy (non-hydrogen) atoms. The van der Waals surface area contributed by atoms with Crippen LogP contribution >= 0.6 is 24.8 Å². The first-order valence-electron chi connectivity index (χ1n) is 9.73. The fourth-order valence-electron chi connectivity index (χ4n) is 3.94. The number of benzene rings is 1. The molecule has 3 atom stereocenters. The molecule has 2 heterocycles. The van der Waals surface area contributed by atoms with Gasteiger partial charge in [0.2, 0.25) is 11.8 Å². The van der Waals surface area contributed by atoms with Crippen LogP contribution in [0, 0.1) is 17.6 Å². The van der Waals surface area contributed by atoms with Crippen LogP contribution in [-0.2, 0) is 9.59 Å². The molecule has 0 spiro atoms. The maximum atomic E-state index is 13.7. The second-order valence-electron chi connectivity index (χ2n) is 7.93. The maximum absolute atomic E-state index is 13.7. The minimum Gasteiger partial charge on any atom is -0.351 e. The third kappa shape index (κ3) is 6.51. The predicted octanol–water partition coefficient (Wildman–Crippen LogP) is 1.78. The van der Waals surface area contributed by atoms with Crippen molar-refractivity contribution in [3.63, 3.8) is 0 Å². The molecule has 0 aromatic heterocycles. The molecule has 0 aliphatic carbocycles. The second-order valence-corrected chi connectivity index (χ2v) is 7.93. The van der Waals surface area contributed by atoms with Gasteiger partial charge in [-0.25, -0.2) is 8.78 Å². The van der Waals surface area contributed by atoms with Gasteiger partial charge < -0.3 is 20.4 Å². The maximum Gasteiger partial charge on any atom is 0.225 e. The normalized spacial score (nSPS) is 23.7. The van der Waals surface area contributed by atoms with Gasteiger partial charge in [0.05, 0.1) is 5.92 Å². The number of halogens is 4. The third-order valence-corrected chi connectivity index (χ3v) is 5.58. The molecule has 6 nitrogen and oxygen atoms in total. The molecule has 170 valence electrons. The standard InChI is InChI=1S/C20H28F2N4O2.2ClH/c1-25(2)7-8-26-12-14(10-19(26)27)20(28)24-18-11-23-6-5-15(18)13-3-4-16(21)17(22)9-13;;/h3-4,9,14-15,18,23H,5-8,10-12H2,1-2H3,(H,24,28);2*1H. The number of hydrogen-bond acceptors (Lipinski definition) is 4. The van der Waals surface area contributed by atoms with E-state index in [0.717, 1.165) is 19.2 Å². The molecule has 2 aliphatic rings. The number of hydrogen-bond donors (Lipinski definition) is 2. The van der Waals surface area contributed by atoms with Crippen LogP contribution in [0.2, 0.25) is 0 Å². The minimum absolute atomic E-state index is 0. The number of amides is 2. The molecule has 0 saturated carbocycles. The zero-order valence-electron chi connectivity index (χ0n) is 17.2. The highest BCUT2D eigenvalue weighted by atomic mass is 35.5. The van der Waals surface area contributed by atoms with Gasteiger partial charge in [-0.05, 0) is 44.8 Å². The molecule has 2 aliphatic heterocycles. The van der Waals surface area contributed by atoms with Gasteiger partial charge in [0, 0.05) is 44.6 Å². The first-order chi connectivity index (χ1) is 13.3. The number of piperidine rings is 1. The summed E-state index contributed by atoms with van der Waals surface area (Å²) in [5, 5.41) is 6.28. The lowest BCUT2D eigenvalue weighted by Crippen LogP contribution is -2.51. The van der Waals surface area contributed by atoms with Crippen molar-refractivity contribution in [3.05, 3.63) is 35.4 Å². The smallest absolute Gasteiger partial charge is 0.225 e. The third-order valence-electron chi connectivity index (χ3n) is 5.58. The molecule has 3 rings (SSSR count). The van der Waals surface area contributed by atoms with Crippen LogP contribution in [0.4, 0.5) is 8.78 Å². The summed E-state index contributed by atoms with van der Waals surface area (Å²) in [6.07, 6.45) is 0.934. The van der Waals surface area contributed by atoms with Gasteiger partial charge in [-0.1, -0.05) is 6.07 Å². The van der Waals surface area contributed by atoms with Crippen LogP contribution in [-0.4, -0.2) is 74.5 Å². The SMILES string of the molecule is CN(C)CCN1CC(C(=O)NC2CNCCC2c2ccc(F)c(F)c2)CC1=O.Cl.Cl. The summed E-state index contributed by atoms with van der Waals surface area (Å²) in [6, 6.07) is 3.70. The molecule has 2 fully saturated rings. The molecule has 0 bridgehead atoms. The minimum atomic E-state index is -0.876.